The van der Waals surface area contributed by atoms with E-state index in [4.69, 9.17) is 11.5 Å². The molecule has 0 aliphatic carbocycles. The van der Waals surface area contributed by atoms with Crippen molar-refractivity contribution in [1.29, 1.82) is 0 Å². The zero-order valence-corrected chi connectivity index (χ0v) is 24.0. The van der Waals surface area contributed by atoms with Crippen LogP contribution in [-0.2, 0) is 43.2 Å². The quantitative estimate of drug-likeness (QED) is 0.122. The number of phenols is 1. The fourth-order valence-corrected chi connectivity index (χ4v) is 4.46. The Morgan fingerprint density at radius 2 is 1.05 bits per heavy atom. The highest BCUT2D eigenvalue weighted by atomic mass is 16.4. The van der Waals surface area contributed by atoms with Crippen LogP contribution in [0.15, 0.2) is 84.9 Å². The molecular weight excluding hydrogens is 566 g/mol. The Morgan fingerprint density at radius 3 is 1.52 bits per heavy atom. The third kappa shape index (κ3) is 10.9. The number of carboxylic acids is 1. The van der Waals surface area contributed by atoms with Gasteiger partial charge >= 0.3 is 5.97 Å². The molecule has 0 saturated heterocycles. The number of nitrogens with two attached hydrogens (primary N) is 2. The van der Waals surface area contributed by atoms with Gasteiger partial charge < -0.3 is 37.6 Å². The second kappa shape index (κ2) is 16.4. The number of carboxylic acid groups (broad SMARTS) is 1. The van der Waals surface area contributed by atoms with Crippen LogP contribution < -0.4 is 27.4 Å². The summed E-state index contributed by atoms with van der Waals surface area (Å²) >= 11 is 0. The molecule has 4 unspecified atom stereocenters. The van der Waals surface area contributed by atoms with Crippen molar-refractivity contribution in [3.63, 3.8) is 0 Å². The van der Waals surface area contributed by atoms with Crippen molar-refractivity contribution < 1.29 is 34.2 Å². The molecule has 4 atom stereocenters. The van der Waals surface area contributed by atoms with Gasteiger partial charge in [0.1, 0.15) is 23.9 Å². The fraction of sp³-hybridized carbons (Fsp3) is 0.281. The molecule has 0 aliphatic rings. The first kappa shape index (κ1) is 33.3. The van der Waals surface area contributed by atoms with Crippen molar-refractivity contribution in [2.24, 2.45) is 11.5 Å². The molecule has 0 bridgehead atoms. The van der Waals surface area contributed by atoms with Crippen molar-refractivity contribution in [3.8, 4) is 5.75 Å². The lowest BCUT2D eigenvalue weighted by Gasteiger charge is -2.25. The topological polar surface area (TPSA) is 214 Å². The van der Waals surface area contributed by atoms with E-state index >= 15 is 0 Å². The SMILES string of the molecule is NC(=O)CCC(NC(=O)C(Cc1ccc(O)cc1)NC(=O)C(Cc1ccccc1)NC(=O)C(N)Cc1ccccc1)C(=O)O. The second-order valence-corrected chi connectivity index (χ2v) is 10.4. The van der Waals surface area contributed by atoms with E-state index in [0.717, 1.165) is 11.1 Å². The monoisotopic (exact) mass is 603 g/mol. The number of nitrogens with one attached hydrogen (secondary N) is 3. The van der Waals surface area contributed by atoms with Crippen LogP contribution in [-0.4, -0.2) is 64.0 Å². The van der Waals surface area contributed by atoms with E-state index in [0.29, 0.717) is 5.56 Å². The summed E-state index contributed by atoms with van der Waals surface area (Å²) in [7, 11) is 0. The van der Waals surface area contributed by atoms with Crippen molar-refractivity contribution in [2.75, 3.05) is 0 Å². The molecular formula is C32H37N5O7. The van der Waals surface area contributed by atoms with Gasteiger partial charge in [-0.3, -0.25) is 19.2 Å². The van der Waals surface area contributed by atoms with Gasteiger partial charge in [-0.15, -0.1) is 0 Å². The third-order valence-corrected chi connectivity index (χ3v) is 6.85. The molecule has 12 nitrogen and oxygen atoms in total. The molecule has 0 aromatic heterocycles. The largest absolute Gasteiger partial charge is 0.508 e. The van der Waals surface area contributed by atoms with E-state index in [1.54, 1.807) is 36.4 Å². The maximum Gasteiger partial charge on any atom is 0.326 e. The second-order valence-electron chi connectivity index (χ2n) is 10.4. The highest BCUT2D eigenvalue weighted by molar-refractivity contribution is 5.94. The first-order valence-electron chi connectivity index (χ1n) is 14.1. The molecule has 0 spiro atoms. The van der Waals surface area contributed by atoms with Crippen LogP contribution in [0.2, 0.25) is 0 Å². The number of aromatic hydroxyl groups is 1. The molecule has 0 radical (unpaired) electrons. The van der Waals surface area contributed by atoms with E-state index in [1.807, 2.05) is 36.4 Å². The Hall–Kier alpha value is -5.23. The van der Waals surface area contributed by atoms with Crippen LogP contribution in [0.25, 0.3) is 0 Å². The van der Waals surface area contributed by atoms with E-state index in [2.05, 4.69) is 16.0 Å². The fourth-order valence-electron chi connectivity index (χ4n) is 4.46. The molecule has 232 valence electrons. The minimum absolute atomic E-state index is 0.00587. The maximum atomic E-state index is 13.7. The van der Waals surface area contributed by atoms with Crippen LogP contribution in [0.1, 0.15) is 29.5 Å². The van der Waals surface area contributed by atoms with Crippen LogP contribution >= 0.6 is 0 Å². The normalized spacial score (nSPS) is 13.5. The lowest BCUT2D eigenvalue weighted by atomic mass is 10.0. The van der Waals surface area contributed by atoms with Gasteiger partial charge in [0.2, 0.25) is 23.6 Å². The molecule has 44 heavy (non-hydrogen) atoms. The van der Waals surface area contributed by atoms with E-state index < -0.39 is 53.8 Å². The Bertz CT molecular complexity index is 1420. The number of carbonyl (C=O) groups is 5. The van der Waals surface area contributed by atoms with Gasteiger partial charge in [-0.1, -0.05) is 72.8 Å². The first-order valence-corrected chi connectivity index (χ1v) is 14.1. The number of hydrogen-bond acceptors (Lipinski definition) is 7. The van der Waals surface area contributed by atoms with Crippen molar-refractivity contribution in [2.45, 2.75) is 56.3 Å². The van der Waals surface area contributed by atoms with Gasteiger partial charge in [0.25, 0.3) is 0 Å². The molecule has 0 fully saturated rings. The Morgan fingerprint density at radius 1 is 0.614 bits per heavy atom. The summed E-state index contributed by atoms with van der Waals surface area (Å²) < 4.78 is 0. The molecule has 0 saturated carbocycles. The number of rotatable bonds is 16. The van der Waals surface area contributed by atoms with Crippen molar-refractivity contribution in [3.05, 3.63) is 102 Å². The number of phenolic OH excluding ortho intramolecular Hbond substituents is 1. The summed E-state index contributed by atoms with van der Waals surface area (Å²) in [6.45, 7) is 0. The number of benzene rings is 3. The summed E-state index contributed by atoms with van der Waals surface area (Å²) in [5.74, 6) is -4.21. The van der Waals surface area contributed by atoms with Crippen molar-refractivity contribution in [1.82, 2.24) is 16.0 Å². The molecule has 3 rings (SSSR count). The average Bonchev–Trinajstić information content (AvgIpc) is 3.00. The molecule has 3 aromatic carbocycles. The van der Waals surface area contributed by atoms with Gasteiger partial charge in [-0.25, -0.2) is 4.79 Å². The molecule has 3 aromatic rings. The highest BCUT2D eigenvalue weighted by Gasteiger charge is 2.31. The Balaban J connectivity index is 1.83. The standard InChI is InChI=1S/C32H37N5O7/c33-24(17-20-7-3-1-4-8-20)29(40)36-26(18-21-9-5-2-6-10-21)31(42)37-27(19-22-11-13-23(38)14-12-22)30(41)35-25(32(43)44)15-16-28(34)39/h1-14,24-27,38H,15-19,33H2,(H2,34,39)(H,35,41)(H,36,40)(H,37,42)(H,43,44). The highest BCUT2D eigenvalue weighted by Crippen LogP contribution is 2.13. The zero-order chi connectivity index (χ0) is 32.1. The van der Waals surface area contributed by atoms with Crippen LogP contribution in [0.5, 0.6) is 5.75 Å². The van der Waals surface area contributed by atoms with Gasteiger partial charge in [0.05, 0.1) is 6.04 Å². The third-order valence-electron chi connectivity index (χ3n) is 6.85. The zero-order valence-electron chi connectivity index (χ0n) is 24.0. The van der Waals surface area contributed by atoms with Crippen LogP contribution in [0.4, 0.5) is 0 Å². The van der Waals surface area contributed by atoms with E-state index in [1.165, 1.54) is 12.1 Å². The summed E-state index contributed by atoms with van der Waals surface area (Å²) in [5, 5.41) is 27.0. The average molecular weight is 604 g/mol. The molecule has 0 heterocycles. The van der Waals surface area contributed by atoms with Gasteiger partial charge in [-0.2, -0.15) is 0 Å². The maximum absolute atomic E-state index is 13.7. The van der Waals surface area contributed by atoms with Crippen molar-refractivity contribution >= 4 is 29.6 Å². The summed E-state index contributed by atoms with van der Waals surface area (Å²) in [6.07, 6.45) is -0.275. The predicted octanol–water partition coefficient (Wildman–Crippen LogP) is 0.552. The lowest BCUT2D eigenvalue weighted by Crippen LogP contribution is -2.58. The van der Waals surface area contributed by atoms with Crippen LogP contribution in [0.3, 0.4) is 0 Å². The number of aliphatic carboxylic acids is 1. The number of carbonyl (C=O) groups excluding carboxylic acids is 4. The lowest BCUT2D eigenvalue weighted by molar-refractivity contribution is -0.142. The summed E-state index contributed by atoms with van der Waals surface area (Å²) in [4.78, 5) is 63.2. The van der Waals surface area contributed by atoms with Gasteiger partial charge in [0, 0.05) is 19.3 Å². The molecule has 9 N–H and O–H groups in total. The van der Waals surface area contributed by atoms with Gasteiger partial charge in [0.15, 0.2) is 0 Å². The summed E-state index contributed by atoms with van der Waals surface area (Å²) in [6, 6.07) is 19.2. The predicted molar refractivity (Wildman–Crippen MR) is 162 cm³/mol. The summed E-state index contributed by atoms with van der Waals surface area (Å²) in [5.41, 5.74) is 13.5. The Labute approximate surface area is 254 Å². The minimum Gasteiger partial charge on any atom is -0.508 e. The first-order chi connectivity index (χ1) is 21.0. The van der Waals surface area contributed by atoms with E-state index in [9.17, 15) is 34.2 Å². The molecule has 4 amide bonds. The molecule has 12 heteroatoms. The molecule has 0 aliphatic heterocycles. The Kier molecular flexibility index (Phi) is 12.4. The minimum atomic E-state index is -1.44. The number of hydrogen-bond donors (Lipinski definition) is 7. The number of amides is 4. The van der Waals surface area contributed by atoms with Crippen LogP contribution in [0, 0.1) is 0 Å². The number of primary amides is 1. The van der Waals surface area contributed by atoms with E-state index in [-0.39, 0.29) is 37.9 Å². The van der Waals surface area contributed by atoms with Gasteiger partial charge in [-0.05, 0) is 41.7 Å². The smallest absolute Gasteiger partial charge is 0.326 e.